The van der Waals surface area contributed by atoms with E-state index in [1.54, 1.807) is 20.8 Å². The van der Waals surface area contributed by atoms with Crippen LogP contribution in [0.3, 0.4) is 0 Å². The van der Waals surface area contributed by atoms with Gasteiger partial charge in [0.25, 0.3) is 11.7 Å². The lowest BCUT2D eigenvalue weighted by Gasteiger charge is -2.35. The molecule has 2 aromatic rings. The number of nitrogens with one attached hydrogen (secondary N) is 1. The van der Waals surface area contributed by atoms with Gasteiger partial charge in [-0.3, -0.25) is 19.6 Å². The number of pyridine rings is 1. The van der Waals surface area contributed by atoms with E-state index in [1.165, 1.54) is 40.7 Å². The van der Waals surface area contributed by atoms with E-state index in [0.717, 1.165) is 0 Å². The number of aromatic nitrogens is 2. The van der Waals surface area contributed by atoms with Crippen LogP contribution in [0, 0.1) is 0 Å². The van der Waals surface area contributed by atoms with Gasteiger partial charge in [-0.25, -0.2) is 4.79 Å². The number of aromatic amines is 1. The number of rotatable bonds is 5. The Morgan fingerprint density at radius 3 is 2.50 bits per heavy atom. The van der Waals surface area contributed by atoms with E-state index in [2.05, 4.69) is 21.5 Å². The molecule has 3 rings (SSSR count). The molecule has 0 saturated carbocycles. The number of hydrogen-bond donors (Lipinski definition) is 2. The molecule has 1 aliphatic rings. The van der Waals surface area contributed by atoms with Crippen LogP contribution in [-0.2, 0) is 9.53 Å². The number of amides is 2. The van der Waals surface area contributed by atoms with Crippen molar-refractivity contribution in [2.24, 2.45) is 10.7 Å². The second-order valence-corrected chi connectivity index (χ2v) is 9.02. The first kappa shape index (κ1) is 25.0. The molecule has 3 heterocycles. The number of piperazine rings is 1. The van der Waals surface area contributed by atoms with Gasteiger partial charge in [0.2, 0.25) is 0 Å². The molecule has 1 saturated heterocycles. The Bertz CT molecular complexity index is 1190. The summed E-state index contributed by atoms with van der Waals surface area (Å²) in [4.78, 5) is 52.4. The molecule has 2 amide bonds. The summed E-state index contributed by atoms with van der Waals surface area (Å²) in [5.74, 6) is -1.40. The molecule has 0 unspecified atom stereocenters. The Morgan fingerprint density at radius 2 is 1.88 bits per heavy atom. The minimum Gasteiger partial charge on any atom is -0.444 e. The largest absolute Gasteiger partial charge is 0.444 e. The van der Waals surface area contributed by atoms with Gasteiger partial charge < -0.3 is 25.3 Å². The van der Waals surface area contributed by atoms with Crippen LogP contribution in [0.1, 0.15) is 36.8 Å². The van der Waals surface area contributed by atoms with Gasteiger partial charge in [-0.15, -0.1) is 0 Å². The number of aliphatic imine (C=N–C) groups is 1. The SMILES string of the molecule is C=C/C=N\C=C(/N)c1ncc(Cl)c2c(C(=O)C(=O)N3CCN(C(=O)OC(C)(C)C)CC3)c[nH]c12. The molecule has 0 aromatic carbocycles. The smallest absolute Gasteiger partial charge is 0.410 e. The van der Waals surface area contributed by atoms with Gasteiger partial charge in [0, 0.05) is 50.2 Å². The molecule has 2 aromatic heterocycles. The molecule has 10 nitrogen and oxygen atoms in total. The summed E-state index contributed by atoms with van der Waals surface area (Å²) in [6, 6.07) is 0. The monoisotopic (exact) mass is 486 g/mol. The summed E-state index contributed by atoms with van der Waals surface area (Å²) >= 11 is 6.33. The fourth-order valence-electron chi connectivity index (χ4n) is 3.43. The van der Waals surface area contributed by atoms with Crippen molar-refractivity contribution < 1.29 is 19.1 Å². The van der Waals surface area contributed by atoms with Crippen molar-refractivity contribution in [2.45, 2.75) is 26.4 Å². The second-order valence-electron chi connectivity index (χ2n) is 8.61. The normalized spacial score (nSPS) is 15.1. The van der Waals surface area contributed by atoms with Gasteiger partial charge in [-0.1, -0.05) is 24.3 Å². The van der Waals surface area contributed by atoms with Crippen LogP contribution in [0.4, 0.5) is 4.79 Å². The summed E-state index contributed by atoms with van der Waals surface area (Å²) in [6.07, 6.45) is 6.70. The summed E-state index contributed by atoms with van der Waals surface area (Å²) in [5.41, 5.74) is 6.58. The third kappa shape index (κ3) is 5.45. The molecule has 0 radical (unpaired) electrons. The zero-order valence-corrected chi connectivity index (χ0v) is 20.1. The number of allylic oxidation sites excluding steroid dienone is 1. The number of carbonyl (C=O) groups excluding carboxylic acids is 3. The molecule has 11 heteroatoms. The van der Waals surface area contributed by atoms with Crippen molar-refractivity contribution in [1.29, 1.82) is 0 Å². The highest BCUT2D eigenvalue weighted by Crippen LogP contribution is 2.30. The van der Waals surface area contributed by atoms with E-state index < -0.39 is 23.4 Å². The number of nitrogens with zero attached hydrogens (tertiary/aromatic N) is 4. The van der Waals surface area contributed by atoms with Gasteiger partial charge >= 0.3 is 6.09 Å². The predicted molar refractivity (Wildman–Crippen MR) is 131 cm³/mol. The molecule has 34 heavy (non-hydrogen) atoms. The van der Waals surface area contributed by atoms with Crippen molar-refractivity contribution in [1.82, 2.24) is 19.8 Å². The van der Waals surface area contributed by atoms with Crippen molar-refractivity contribution in [2.75, 3.05) is 26.2 Å². The topological polar surface area (TPSA) is 134 Å². The van der Waals surface area contributed by atoms with Crippen LogP contribution in [0.25, 0.3) is 16.6 Å². The number of hydrogen-bond acceptors (Lipinski definition) is 7. The lowest BCUT2D eigenvalue weighted by atomic mass is 10.1. The van der Waals surface area contributed by atoms with Gasteiger partial charge in [0.05, 0.1) is 28.0 Å². The number of Topliss-reactive ketones (excluding diaryl/α,β-unsaturated/α-hetero) is 1. The van der Waals surface area contributed by atoms with E-state index in [0.29, 0.717) is 16.6 Å². The van der Waals surface area contributed by atoms with E-state index in [-0.39, 0.29) is 42.5 Å². The first-order valence-electron chi connectivity index (χ1n) is 10.6. The molecule has 0 aliphatic carbocycles. The van der Waals surface area contributed by atoms with Crippen LogP contribution >= 0.6 is 11.6 Å². The molecule has 0 bridgehead atoms. The summed E-state index contributed by atoms with van der Waals surface area (Å²) in [5, 5.41) is 0.551. The Hall–Kier alpha value is -3.66. The zero-order valence-electron chi connectivity index (χ0n) is 19.3. The van der Waals surface area contributed by atoms with Crippen LogP contribution in [0.2, 0.25) is 5.02 Å². The fourth-order valence-corrected chi connectivity index (χ4v) is 3.67. The van der Waals surface area contributed by atoms with E-state index in [4.69, 9.17) is 22.1 Å². The van der Waals surface area contributed by atoms with Crippen LogP contribution in [0.15, 0.2) is 36.2 Å². The summed E-state index contributed by atoms with van der Waals surface area (Å²) < 4.78 is 5.37. The third-order valence-corrected chi connectivity index (χ3v) is 5.29. The fraction of sp³-hybridized carbons (Fsp3) is 0.348. The minimum absolute atomic E-state index is 0.116. The maximum Gasteiger partial charge on any atom is 0.410 e. The van der Waals surface area contributed by atoms with Crippen molar-refractivity contribution in [3.05, 3.63) is 47.5 Å². The molecule has 1 aliphatic heterocycles. The van der Waals surface area contributed by atoms with Gasteiger partial charge in [-0.05, 0) is 20.8 Å². The predicted octanol–water partition coefficient (Wildman–Crippen LogP) is 2.99. The number of ether oxygens (including phenoxy) is 1. The average molecular weight is 487 g/mol. The van der Waals surface area contributed by atoms with Crippen LogP contribution < -0.4 is 5.73 Å². The second kappa shape index (κ2) is 10.1. The summed E-state index contributed by atoms with van der Waals surface area (Å²) in [7, 11) is 0. The number of nitrogens with two attached hydrogens (primary N) is 1. The minimum atomic E-state index is -0.719. The first-order valence-corrected chi connectivity index (χ1v) is 11.0. The van der Waals surface area contributed by atoms with E-state index >= 15 is 0 Å². The Kier molecular flexibility index (Phi) is 7.41. The maximum atomic E-state index is 13.1. The Morgan fingerprint density at radius 1 is 1.24 bits per heavy atom. The Balaban J connectivity index is 1.79. The molecule has 180 valence electrons. The molecule has 3 N–H and O–H groups in total. The van der Waals surface area contributed by atoms with Crippen molar-refractivity contribution in [3.8, 4) is 0 Å². The molecular formula is C23H27ClN6O4. The number of ketones is 1. The average Bonchev–Trinajstić information content (AvgIpc) is 3.23. The van der Waals surface area contributed by atoms with Gasteiger partial charge in [0.1, 0.15) is 11.3 Å². The number of carbonyl (C=O) groups is 3. The highest BCUT2D eigenvalue weighted by molar-refractivity contribution is 6.47. The van der Waals surface area contributed by atoms with Crippen LogP contribution in [-0.4, -0.2) is 75.5 Å². The standard InChI is InChI=1S/C23H27ClN6O4/c1-5-6-26-13-16(25)18-19-17(15(24)12-28-18)14(11-27-19)20(31)21(32)29-7-9-30(10-8-29)22(33)34-23(2,3)4/h5-6,11-13,27H,1,7-10,25H2,2-4H3/b16-13-,26-6-. The number of fused-ring (bicyclic) bond motifs is 1. The first-order chi connectivity index (χ1) is 16.0. The van der Waals surface area contributed by atoms with Crippen LogP contribution in [0.5, 0.6) is 0 Å². The highest BCUT2D eigenvalue weighted by atomic mass is 35.5. The highest BCUT2D eigenvalue weighted by Gasteiger charge is 2.32. The zero-order chi connectivity index (χ0) is 25.0. The van der Waals surface area contributed by atoms with Crippen molar-refractivity contribution >= 4 is 52.2 Å². The maximum absolute atomic E-state index is 13.1. The van der Waals surface area contributed by atoms with Gasteiger partial charge in [-0.2, -0.15) is 0 Å². The lowest BCUT2D eigenvalue weighted by molar-refractivity contribution is -0.128. The van der Waals surface area contributed by atoms with Crippen molar-refractivity contribution in [3.63, 3.8) is 0 Å². The molecule has 0 spiro atoms. The van der Waals surface area contributed by atoms with E-state index in [1.807, 2.05) is 0 Å². The quantitative estimate of drug-likeness (QED) is 0.379. The molecular weight excluding hydrogens is 460 g/mol. The molecule has 0 atom stereocenters. The summed E-state index contributed by atoms with van der Waals surface area (Å²) in [6.45, 7) is 9.86. The number of halogens is 1. The Labute approximate surface area is 202 Å². The molecule has 1 fully saturated rings. The third-order valence-electron chi connectivity index (χ3n) is 5.00. The van der Waals surface area contributed by atoms with Gasteiger partial charge in [0.15, 0.2) is 0 Å². The number of H-pyrrole nitrogens is 1. The van der Waals surface area contributed by atoms with E-state index in [9.17, 15) is 14.4 Å². The lowest BCUT2D eigenvalue weighted by Crippen LogP contribution is -2.53.